The fourth-order valence-corrected chi connectivity index (χ4v) is 3.24. The van der Waals surface area contributed by atoms with E-state index in [9.17, 15) is 4.79 Å². The van der Waals surface area contributed by atoms with Gasteiger partial charge >= 0.3 is 0 Å². The van der Waals surface area contributed by atoms with Crippen LogP contribution < -0.4 is 10.2 Å². The van der Waals surface area contributed by atoms with Crippen molar-refractivity contribution in [3.63, 3.8) is 0 Å². The van der Waals surface area contributed by atoms with Crippen LogP contribution in [-0.4, -0.2) is 44.8 Å². The Balaban J connectivity index is 1.43. The van der Waals surface area contributed by atoms with Gasteiger partial charge in [-0.1, -0.05) is 0 Å². The van der Waals surface area contributed by atoms with Crippen molar-refractivity contribution in [3.05, 3.63) is 36.0 Å². The molecule has 1 saturated carbocycles. The second-order valence-corrected chi connectivity index (χ2v) is 6.65. The molecule has 2 fully saturated rings. The monoisotopic (exact) mass is 326 g/mol. The summed E-state index contributed by atoms with van der Waals surface area (Å²) in [6.45, 7) is 1.75. The van der Waals surface area contributed by atoms with Gasteiger partial charge in [-0.05, 0) is 37.8 Å². The van der Waals surface area contributed by atoms with E-state index in [1.54, 1.807) is 24.0 Å². The lowest BCUT2D eigenvalue weighted by Gasteiger charge is -2.34. The molecule has 0 bridgehead atoms. The van der Waals surface area contributed by atoms with E-state index in [-0.39, 0.29) is 11.9 Å². The molecule has 2 aromatic rings. The number of hydrogen-bond acceptors (Lipinski definition) is 5. The van der Waals surface area contributed by atoms with E-state index in [1.165, 1.54) is 12.8 Å². The van der Waals surface area contributed by atoms with Crippen molar-refractivity contribution in [1.82, 2.24) is 25.1 Å². The number of anilines is 1. The number of hydrogen-bond donors (Lipinski definition) is 1. The molecule has 126 valence electrons. The number of aryl methyl sites for hydroxylation is 1. The number of rotatable bonds is 4. The molecular formula is C17H22N6O. The van der Waals surface area contributed by atoms with Crippen LogP contribution in [0.5, 0.6) is 0 Å². The number of nitrogens with zero attached hydrogens (tertiary/aromatic N) is 5. The molecule has 1 aliphatic carbocycles. The summed E-state index contributed by atoms with van der Waals surface area (Å²) in [5, 5.41) is 7.18. The quantitative estimate of drug-likeness (QED) is 0.921. The van der Waals surface area contributed by atoms with Gasteiger partial charge in [0.15, 0.2) is 0 Å². The molecule has 1 saturated heterocycles. The number of amides is 1. The first-order chi connectivity index (χ1) is 11.7. The molecule has 3 heterocycles. The second-order valence-electron chi connectivity index (χ2n) is 6.65. The van der Waals surface area contributed by atoms with E-state index in [2.05, 4.69) is 20.3 Å². The molecule has 7 nitrogen and oxygen atoms in total. The predicted octanol–water partition coefficient (Wildman–Crippen LogP) is 1.49. The van der Waals surface area contributed by atoms with E-state index in [4.69, 9.17) is 4.98 Å². The first-order valence-electron chi connectivity index (χ1n) is 8.57. The van der Waals surface area contributed by atoms with Crippen molar-refractivity contribution in [2.45, 2.75) is 37.6 Å². The van der Waals surface area contributed by atoms with Gasteiger partial charge in [-0.15, -0.1) is 0 Å². The van der Waals surface area contributed by atoms with E-state index in [1.807, 2.05) is 12.3 Å². The summed E-state index contributed by atoms with van der Waals surface area (Å²) in [4.78, 5) is 23.7. The lowest BCUT2D eigenvalue weighted by atomic mass is 10.1. The Morgan fingerprint density at radius 3 is 2.88 bits per heavy atom. The van der Waals surface area contributed by atoms with E-state index in [0.29, 0.717) is 11.6 Å². The number of piperidine rings is 1. The molecule has 7 heteroatoms. The molecule has 1 N–H and O–H groups in total. The van der Waals surface area contributed by atoms with Crippen molar-refractivity contribution < 1.29 is 4.79 Å². The van der Waals surface area contributed by atoms with Gasteiger partial charge in [0.25, 0.3) is 5.91 Å². The van der Waals surface area contributed by atoms with Crippen molar-refractivity contribution in [2.24, 2.45) is 7.05 Å². The largest absolute Gasteiger partial charge is 0.354 e. The molecule has 1 unspecified atom stereocenters. The summed E-state index contributed by atoms with van der Waals surface area (Å²) in [6.07, 6.45) is 7.93. The van der Waals surface area contributed by atoms with Crippen LogP contribution in [-0.2, 0) is 7.05 Å². The first-order valence-corrected chi connectivity index (χ1v) is 8.57. The topological polar surface area (TPSA) is 75.9 Å². The zero-order valence-corrected chi connectivity index (χ0v) is 13.9. The molecule has 2 aliphatic rings. The molecule has 0 spiro atoms. The molecular weight excluding hydrogens is 304 g/mol. The number of carbonyl (C=O) groups excluding carboxylic acids is 1. The minimum Gasteiger partial charge on any atom is -0.354 e. The smallest absolute Gasteiger partial charge is 0.269 e. The minimum atomic E-state index is -0.0665. The molecule has 1 amide bonds. The minimum absolute atomic E-state index is 0.0665. The maximum absolute atomic E-state index is 12.4. The zero-order chi connectivity index (χ0) is 16.5. The molecule has 1 atom stereocenters. The maximum Gasteiger partial charge on any atom is 0.269 e. The third kappa shape index (κ3) is 3.11. The third-order valence-corrected chi connectivity index (χ3v) is 4.74. The molecule has 0 aromatic carbocycles. The van der Waals surface area contributed by atoms with Crippen LogP contribution >= 0.6 is 0 Å². The molecule has 1 aliphatic heterocycles. The zero-order valence-electron chi connectivity index (χ0n) is 13.9. The number of nitrogens with one attached hydrogen (secondary N) is 1. The van der Waals surface area contributed by atoms with Crippen LogP contribution in [0.1, 0.15) is 47.9 Å². The van der Waals surface area contributed by atoms with Crippen LogP contribution in [0.25, 0.3) is 0 Å². The first kappa shape index (κ1) is 15.1. The molecule has 0 radical (unpaired) electrons. The number of carbonyl (C=O) groups is 1. The highest BCUT2D eigenvalue weighted by Crippen LogP contribution is 2.38. The SMILES string of the molecule is Cn1nccc1C(=O)NC1CCCN(c2ccnc(C3CC3)n2)C1. The Labute approximate surface area is 141 Å². The van der Waals surface area contributed by atoms with Gasteiger partial charge in [-0.3, -0.25) is 9.48 Å². The van der Waals surface area contributed by atoms with Crippen LogP contribution in [0, 0.1) is 0 Å². The lowest BCUT2D eigenvalue weighted by molar-refractivity contribution is 0.0923. The second kappa shape index (κ2) is 6.22. The van der Waals surface area contributed by atoms with Gasteiger partial charge in [-0.25, -0.2) is 9.97 Å². The van der Waals surface area contributed by atoms with Gasteiger partial charge in [0, 0.05) is 44.5 Å². The average Bonchev–Trinajstić information content (AvgIpc) is 3.36. The van der Waals surface area contributed by atoms with Crippen LogP contribution in [0.15, 0.2) is 24.5 Å². The fraction of sp³-hybridized carbons (Fsp3) is 0.529. The van der Waals surface area contributed by atoms with Crippen molar-refractivity contribution in [3.8, 4) is 0 Å². The van der Waals surface area contributed by atoms with E-state index in [0.717, 1.165) is 37.6 Å². The number of aromatic nitrogens is 4. The van der Waals surface area contributed by atoms with E-state index >= 15 is 0 Å². The highest BCUT2D eigenvalue weighted by Gasteiger charge is 2.28. The maximum atomic E-state index is 12.4. The van der Waals surface area contributed by atoms with E-state index < -0.39 is 0 Å². The summed E-state index contributed by atoms with van der Waals surface area (Å²) in [5.74, 6) is 2.43. The van der Waals surface area contributed by atoms with Gasteiger partial charge in [0.2, 0.25) is 0 Å². The lowest BCUT2D eigenvalue weighted by Crippen LogP contribution is -2.48. The van der Waals surface area contributed by atoms with Gasteiger partial charge < -0.3 is 10.2 Å². The summed E-state index contributed by atoms with van der Waals surface area (Å²) in [6, 6.07) is 3.83. The van der Waals surface area contributed by atoms with Crippen molar-refractivity contribution in [1.29, 1.82) is 0 Å². The average molecular weight is 326 g/mol. The normalized spacial score (nSPS) is 20.9. The Kier molecular flexibility index (Phi) is 3.92. The fourth-order valence-electron chi connectivity index (χ4n) is 3.24. The van der Waals surface area contributed by atoms with Gasteiger partial charge in [-0.2, -0.15) is 5.10 Å². The summed E-state index contributed by atoms with van der Waals surface area (Å²) in [5.41, 5.74) is 0.588. The third-order valence-electron chi connectivity index (χ3n) is 4.74. The summed E-state index contributed by atoms with van der Waals surface area (Å²) >= 11 is 0. The molecule has 2 aromatic heterocycles. The molecule has 4 rings (SSSR count). The summed E-state index contributed by atoms with van der Waals surface area (Å²) in [7, 11) is 1.78. The predicted molar refractivity (Wildman–Crippen MR) is 89.9 cm³/mol. The van der Waals surface area contributed by atoms with Crippen LogP contribution in [0.2, 0.25) is 0 Å². The Morgan fingerprint density at radius 1 is 1.25 bits per heavy atom. The Hall–Kier alpha value is -2.44. The Morgan fingerprint density at radius 2 is 2.12 bits per heavy atom. The van der Waals surface area contributed by atoms with Crippen molar-refractivity contribution in [2.75, 3.05) is 18.0 Å². The van der Waals surface area contributed by atoms with Gasteiger partial charge in [0.05, 0.1) is 0 Å². The standard InChI is InChI=1S/C17H22N6O/c1-22-14(6-9-19-22)17(24)20-13-3-2-10-23(11-13)15-7-8-18-16(21-15)12-4-5-12/h6-9,12-13H,2-5,10-11H2,1H3,(H,20,24). The molecule has 24 heavy (non-hydrogen) atoms. The Bertz CT molecular complexity index is 738. The summed E-state index contributed by atoms with van der Waals surface area (Å²) < 4.78 is 1.60. The highest BCUT2D eigenvalue weighted by atomic mass is 16.2. The van der Waals surface area contributed by atoms with Gasteiger partial charge in [0.1, 0.15) is 17.3 Å². The van der Waals surface area contributed by atoms with Crippen LogP contribution in [0.3, 0.4) is 0 Å². The van der Waals surface area contributed by atoms with Crippen molar-refractivity contribution >= 4 is 11.7 Å². The van der Waals surface area contributed by atoms with Crippen LogP contribution in [0.4, 0.5) is 5.82 Å². The highest BCUT2D eigenvalue weighted by molar-refractivity contribution is 5.92.